The maximum absolute atomic E-state index is 12.6. The number of hydrogen-bond donors (Lipinski definition) is 2. The van der Waals surface area contributed by atoms with Crippen LogP contribution in [0, 0.1) is 0 Å². The number of carbonyl (C=O) groups is 1. The van der Waals surface area contributed by atoms with E-state index in [0.29, 0.717) is 82.5 Å². The highest BCUT2D eigenvalue weighted by Gasteiger charge is 2.25. The molecule has 6 rings (SSSR count). The van der Waals surface area contributed by atoms with Gasteiger partial charge in [-0.1, -0.05) is 29.9 Å². The molecule has 4 aromatic carbocycles. The lowest BCUT2D eigenvalue weighted by Gasteiger charge is -2.28. The molecule has 1 aliphatic rings. The number of nitrogens with zero attached hydrogens (tertiary/aromatic N) is 1. The molecule has 0 bridgehead atoms. The minimum Gasteiger partial charge on any atom is -0.493 e. The van der Waals surface area contributed by atoms with E-state index >= 15 is 0 Å². The van der Waals surface area contributed by atoms with Crippen LogP contribution in [-0.4, -0.2) is 53.2 Å². The SMILES string of the molecule is C=C(CCCOc1ccc(C2NC(=O)c3ccccc3N2)cc1OC)Oc1cc(-c2cc(-c3cc(OC)c(OC)c(OC)c3)no2)ccc1OC. The molecule has 1 aliphatic heterocycles. The molecule has 1 atom stereocenters. The molecule has 51 heavy (non-hydrogen) atoms. The van der Waals surface area contributed by atoms with Crippen LogP contribution < -0.4 is 43.8 Å². The Kier molecular flexibility index (Phi) is 10.5. The number of nitrogens with one attached hydrogen (secondary N) is 2. The third-order valence-corrected chi connectivity index (χ3v) is 8.30. The first kappa shape index (κ1) is 34.6. The van der Waals surface area contributed by atoms with Crippen molar-refractivity contribution in [3.63, 3.8) is 0 Å². The number of methoxy groups -OCH3 is 5. The number of para-hydroxylation sites is 1. The lowest BCUT2D eigenvalue weighted by Crippen LogP contribution is -2.38. The topological polar surface area (TPSA) is 132 Å². The molecule has 12 nitrogen and oxygen atoms in total. The first-order valence-electron chi connectivity index (χ1n) is 16.1. The Labute approximate surface area is 295 Å². The third kappa shape index (κ3) is 7.49. The van der Waals surface area contributed by atoms with Crippen molar-refractivity contribution >= 4 is 11.6 Å². The van der Waals surface area contributed by atoms with Crippen LogP contribution in [0.15, 0.2) is 95.7 Å². The Balaban J connectivity index is 1.07. The van der Waals surface area contributed by atoms with Crippen LogP contribution in [-0.2, 0) is 0 Å². The number of anilines is 1. The molecule has 5 aromatic rings. The zero-order chi connectivity index (χ0) is 35.9. The number of rotatable bonds is 15. The van der Waals surface area contributed by atoms with E-state index in [1.54, 1.807) is 59.8 Å². The van der Waals surface area contributed by atoms with Crippen LogP contribution in [0.5, 0.6) is 40.2 Å². The van der Waals surface area contributed by atoms with E-state index in [0.717, 1.165) is 22.4 Å². The number of fused-ring (bicyclic) bond motifs is 1. The number of carbonyl (C=O) groups excluding carboxylic acids is 1. The molecule has 0 fully saturated rings. The van der Waals surface area contributed by atoms with Gasteiger partial charge in [-0.2, -0.15) is 0 Å². The lowest BCUT2D eigenvalue weighted by molar-refractivity contribution is 0.0935. The van der Waals surface area contributed by atoms with E-state index in [2.05, 4.69) is 22.4 Å². The predicted molar refractivity (Wildman–Crippen MR) is 191 cm³/mol. The van der Waals surface area contributed by atoms with Crippen LogP contribution in [0.1, 0.15) is 34.9 Å². The molecule has 0 radical (unpaired) electrons. The number of amides is 1. The Morgan fingerprint density at radius 3 is 2.18 bits per heavy atom. The molecule has 2 heterocycles. The van der Waals surface area contributed by atoms with E-state index in [4.69, 9.17) is 37.7 Å². The maximum atomic E-state index is 12.6. The summed E-state index contributed by atoms with van der Waals surface area (Å²) in [4.78, 5) is 12.6. The number of aromatic nitrogens is 1. The van der Waals surface area contributed by atoms with Gasteiger partial charge >= 0.3 is 0 Å². The van der Waals surface area contributed by atoms with Gasteiger partial charge in [-0.3, -0.25) is 4.79 Å². The number of hydrogen-bond acceptors (Lipinski definition) is 11. The second-order valence-electron chi connectivity index (χ2n) is 11.5. The van der Waals surface area contributed by atoms with Crippen molar-refractivity contribution in [3.05, 3.63) is 102 Å². The second kappa shape index (κ2) is 15.5. The van der Waals surface area contributed by atoms with E-state index in [9.17, 15) is 4.79 Å². The summed E-state index contributed by atoms with van der Waals surface area (Å²) in [5.74, 6) is 4.58. The molecule has 1 amide bonds. The van der Waals surface area contributed by atoms with Crippen LogP contribution in [0.4, 0.5) is 5.69 Å². The normalized spacial score (nSPS) is 13.3. The van der Waals surface area contributed by atoms with Gasteiger partial charge in [-0.15, -0.1) is 0 Å². The fourth-order valence-corrected chi connectivity index (χ4v) is 5.70. The van der Waals surface area contributed by atoms with Crippen LogP contribution in [0.3, 0.4) is 0 Å². The maximum Gasteiger partial charge on any atom is 0.255 e. The molecule has 0 aliphatic carbocycles. The fourth-order valence-electron chi connectivity index (χ4n) is 5.70. The summed E-state index contributed by atoms with van der Waals surface area (Å²) >= 11 is 0. The second-order valence-corrected chi connectivity index (χ2v) is 11.5. The van der Waals surface area contributed by atoms with Gasteiger partial charge in [0.2, 0.25) is 5.75 Å². The molecule has 1 aromatic heterocycles. The highest BCUT2D eigenvalue weighted by molar-refractivity contribution is 6.01. The molecular formula is C39H39N3O9. The molecule has 2 N–H and O–H groups in total. The Bertz CT molecular complexity index is 2020. The zero-order valence-corrected chi connectivity index (χ0v) is 29.0. The highest BCUT2D eigenvalue weighted by Crippen LogP contribution is 2.42. The monoisotopic (exact) mass is 693 g/mol. The molecule has 0 saturated heterocycles. The summed E-state index contributed by atoms with van der Waals surface area (Å²) in [5.41, 5.74) is 4.27. The average Bonchev–Trinajstić information content (AvgIpc) is 3.66. The summed E-state index contributed by atoms with van der Waals surface area (Å²) in [6.07, 6.45) is 0.751. The van der Waals surface area contributed by atoms with Crippen molar-refractivity contribution in [3.8, 4) is 62.8 Å². The van der Waals surface area contributed by atoms with Crippen molar-refractivity contribution in [1.29, 1.82) is 0 Å². The van der Waals surface area contributed by atoms with Crippen molar-refractivity contribution in [2.75, 3.05) is 47.5 Å². The van der Waals surface area contributed by atoms with Gasteiger partial charge in [0.15, 0.2) is 40.3 Å². The van der Waals surface area contributed by atoms with Crippen molar-refractivity contribution < 1.29 is 42.5 Å². The van der Waals surface area contributed by atoms with Gasteiger partial charge in [-0.05, 0) is 66.6 Å². The van der Waals surface area contributed by atoms with Gasteiger partial charge in [0.25, 0.3) is 5.91 Å². The van der Waals surface area contributed by atoms with Gasteiger partial charge in [0.1, 0.15) is 11.9 Å². The summed E-state index contributed by atoms with van der Waals surface area (Å²) in [5, 5.41) is 10.6. The summed E-state index contributed by atoms with van der Waals surface area (Å²) in [6.45, 7) is 4.50. The average molecular weight is 694 g/mol. The quantitative estimate of drug-likeness (QED) is 0.0828. The Morgan fingerprint density at radius 1 is 0.745 bits per heavy atom. The Morgan fingerprint density at radius 2 is 1.45 bits per heavy atom. The first-order valence-corrected chi connectivity index (χ1v) is 16.1. The van der Waals surface area contributed by atoms with Gasteiger partial charge in [-0.25, -0.2) is 0 Å². The van der Waals surface area contributed by atoms with Crippen LogP contribution in [0.2, 0.25) is 0 Å². The minimum absolute atomic E-state index is 0.139. The molecular weight excluding hydrogens is 654 g/mol. The summed E-state index contributed by atoms with van der Waals surface area (Å²) in [6, 6.07) is 23.9. The van der Waals surface area contributed by atoms with Gasteiger partial charge in [0, 0.05) is 29.3 Å². The number of benzene rings is 4. The van der Waals surface area contributed by atoms with Crippen molar-refractivity contribution in [1.82, 2.24) is 10.5 Å². The Hall–Kier alpha value is -6.30. The molecule has 1 unspecified atom stereocenters. The first-order chi connectivity index (χ1) is 24.8. The largest absolute Gasteiger partial charge is 0.493 e. The standard InChI is InChI=1S/C39H39N3O9/c1-23(10-9-17-49-31-16-14-25(19-33(31)45-3)38-40-28-12-8-7-11-27(28)39(43)41-38)50-34-18-24(13-15-30(34)44-2)32-22-29(42-51-32)26-20-35(46-4)37(48-6)36(21-26)47-5/h7-8,11-16,18-22,38,40H,1,9-10,17H2,2-6H3,(H,41,43). The number of ether oxygens (including phenoxy) is 7. The predicted octanol–water partition coefficient (Wildman–Crippen LogP) is 7.66. The summed E-state index contributed by atoms with van der Waals surface area (Å²) < 4.78 is 45.5. The van der Waals surface area contributed by atoms with Crippen molar-refractivity contribution in [2.24, 2.45) is 0 Å². The minimum atomic E-state index is -0.404. The van der Waals surface area contributed by atoms with E-state index < -0.39 is 6.17 Å². The summed E-state index contributed by atoms with van der Waals surface area (Å²) in [7, 11) is 7.83. The lowest BCUT2D eigenvalue weighted by atomic mass is 10.1. The molecule has 264 valence electrons. The van der Waals surface area contributed by atoms with Gasteiger partial charge in [0.05, 0.1) is 53.5 Å². The van der Waals surface area contributed by atoms with Crippen molar-refractivity contribution in [2.45, 2.75) is 19.0 Å². The molecule has 12 heteroatoms. The third-order valence-electron chi connectivity index (χ3n) is 8.30. The molecule has 0 saturated carbocycles. The van der Waals surface area contributed by atoms with E-state index in [1.807, 2.05) is 54.6 Å². The number of allylic oxidation sites excluding steroid dienone is 1. The van der Waals surface area contributed by atoms with Crippen LogP contribution in [0.25, 0.3) is 22.6 Å². The van der Waals surface area contributed by atoms with Gasteiger partial charge < -0.3 is 48.3 Å². The fraction of sp³-hybridized carbons (Fsp3) is 0.231. The van der Waals surface area contributed by atoms with E-state index in [1.165, 1.54) is 0 Å². The molecule has 0 spiro atoms. The smallest absolute Gasteiger partial charge is 0.255 e. The van der Waals surface area contributed by atoms with E-state index in [-0.39, 0.29) is 5.91 Å². The van der Waals surface area contributed by atoms with Crippen LogP contribution >= 0.6 is 0 Å². The zero-order valence-electron chi connectivity index (χ0n) is 29.0. The highest BCUT2D eigenvalue weighted by atomic mass is 16.5.